The molecule has 1 aliphatic carbocycles. The second-order valence-electron chi connectivity index (χ2n) is 10.5. The molecule has 1 aliphatic rings. The smallest absolute Gasteiger partial charge is 0.264 e. The molecule has 42 heavy (non-hydrogen) atoms. The standard InChI is InChI=1S/C31H35Br2N3O5S/c1-21-8-14-26(15-9-21)36(42(39,40)27-16-17-29(41-3)28(33)18-27)20-30(37)35(19-23-10-12-24(32)13-11-23)22(2)31(38)34-25-6-4-5-7-25/h8-18,22,25H,4-7,19-20H2,1-3H3,(H,34,38)/t22-/m1/s1. The number of hydrogen-bond donors (Lipinski definition) is 1. The molecule has 11 heteroatoms. The van der Waals surface area contributed by atoms with Crippen LogP contribution in [-0.2, 0) is 26.2 Å². The molecule has 3 aromatic carbocycles. The molecule has 0 spiro atoms. The van der Waals surface area contributed by atoms with E-state index in [0.717, 1.165) is 45.6 Å². The Kier molecular flexibility index (Phi) is 10.7. The van der Waals surface area contributed by atoms with Crippen molar-refractivity contribution in [2.24, 2.45) is 0 Å². The molecule has 0 aliphatic heterocycles. The topological polar surface area (TPSA) is 96.0 Å². The van der Waals surface area contributed by atoms with Crippen LogP contribution in [-0.4, -0.2) is 50.9 Å². The summed E-state index contributed by atoms with van der Waals surface area (Å²) in [7, 11) is -2.70. The van der Waals surface area contributed by atoms with Gasteiger partial charge in [0, 0.05) is 17.1 Å². The minimum absolute atomic E-state index is 0.00460. The summed E-state index contributed by atoms with van der Waals surface area (Å²) in [5.74, 6) is -0.269. The first-order valence-electron chi connectivity index (χ1n) is 13.8. The maximum atomic E-state index is 14.1. The van der Waals surface area contributed by atoms with Crippen LogP contribution >= 0.6 is 31.9 Å². The fourth-order valence-electron chi connectivity index (χ4n) is 4.94. The summed E-state index contributed by atoms with van der Waals surface area (Å²) in [6.45, 7) is 3.24. The first-order valence-corrected chi connectivity index (χ1v) is 16.8. The molecular formula is C31H35Br2N3O5S. The second-order valence-corrected chi connectivity index (χ2v) is 14.1. The van der Waals surface area contributed by atoms with Crippen molar-refractivity contribution in [1.82, 2.24) is 10.2 Å². The van der Waals surface area contributed by atoms with Gasteiger partial charge in [-0.2, -0.15) is 0 Å². The number of carbonyl (C=O) groups excluding carboxylic acids is 2. The van der Waals surface area contributed by atoms with Crippen LogP contribution < -0.4 is 14.4 Å². The summed E-state index contributed by atoms with van der Waals surface area (Å²) in [5, 5.41) is 3.08. The van der Waals surface area contributed by atoms with Crippen LogP contribution in [0.3, 0.4) is 0 Å². The van der Waals surface area contributed by atoms with E-state index in [4.69, 9.17) is 4.74 Å². The SMILES string of the molecule is COc1ccc(S(=O)(=O)N(CC(=O)N(Cc2ccc(Br)cc2)[C@H](C)C(=O)NC2CCCC2)c2ccc(C)cc2)cc1Br. The molecule has 1 atom stereocenters. The number of methoxy groups -OCH3 is 1. The molecule has 224 valence electrons. The van der Waals surface area contributed by atoms with E-state index in [-0.39, 0.29) is 23.4 Å². The lowest BCUT2D eigenvalue weighted by molar-refractivity contribution is -0.139. The van der Waals surface area contributed by atoms with Gasteiger partial charge in [0.25, 0.3) is 10.0 Å². The summed E-state index contributed by atoms with van der Waals surface area (Å²) < 4.78 is 35.9. The van der Waals surface area contributed by atoms with Gasteiger partial charge in [0.15, 0.2) is 0 Å². The van der Waals surface area contributed by atoms with Crippen LogP contribution in [0.1, 0.15) is 43.7 Å². The van der Waals surface area contributed by atoms with Crippen molar-refractivity contribution in [2.45, 2.75) is 63.1 Å². The summed E-state index contributed by atoms with van der Waals surface area (Å²) in [6.07, 6.45) is 3.95. The van der Waals surface area contributed by atoms with E-state index in [0.29, 0.717) is 15.9 Å². The fourth-order valence-corrected chi connectivity index (χ4v) is 7.33. The van der Waals surface area contributed by atoms with Crippen molar-refractivity contribution in [3.63, 3.8) is 0 Å². The lowest BCUT2D eigenvalue weighted by Crippen LogP contribution is -2.52. The third kappa shape index (κ3) is 7.73. The number of benzene rings is 3. The zero-order valence-electron chi connectivity index (χ0n) is 23.8. The lowest BCUT2D eigenvalue weighted by Gasteiger charge is -2.32. The van der Waals surface area contributed by atoms with E-state index in [9.17, 15) is 18.0 Å². The maximum absolute atomic E-state index is 14.1. The number of anilines is 1. The number of sulfonamides is 1. The summed E-state index contributed by atoms with van der Waals surface area (Å²) in [6, 6.07) is 18.1. The molecule has 1 saturated carbocycles. The maximum Gasteiger partial charge on any atom is 0.264 e. The molecule has 3 aromatic rings. The Labute approximate surface area is 264 Å². The Balaban J connectivity index is 1.69. The highest BCUT2D eigenvalue weighted by Gasteiger charge is 2.33. The van der Waals surface area contributed by atoms with Crippen LogP contribution in [0.4, 0.5) is 5.69 Å². The number of carbonyl (C=O) groups is 2. The van der Waals surface area contributed by atoms with E-state index < -0.39 is 28.5 Å². The highest BCUT2D eigenvalue weighted by molar-refractivity contribution is 9.10. The third-order valence-electron chi connectivity index (χ3n) is 7.45. The van der Waals surface area contributed by atoms with Gasteiger partial charge in [0.1, 0.15) is 18.3 Å². The first kappa shape index (κ1) is 32.0. The van der Waals surface area contributed by atoms with Crippen LogP contribution in [0.5, 0.6) is 5.75 Å². The molecule has 0 unspecified atom stereocenters. The fraction of sp³-hybridized carbons (Fsp3) is 0.355. The van der Waals surface area contributed by atoms with Crippen LogP contribution in [0.15, 0.2) is 80.6 Å². The molecule has 0 heterocycles. The highest BCUT2D eigenvalue weighted by Crippen LogP contribution is 2.31. The van der Waals surface area contributed by atoms with Gasteiger partial charge in [-0.05, 0) is 90.6 Å². The first-order chi connectivity index (χ1) is 20.0. The molecular weight excluding hydrogens is 686 g/mol. The molecule has 0 saturated heterocycles. The number of amides is 2. The van der Waals surface area contributed by atoms with E-state index in [2.05, 4.69) is 37.2 Å². The predicted octanol–water partition coefficient (Wildman–Crippen LogP) is 6.20. The van der Waals surface area contributed by atoms with Gasteiger partial charge in [-0.1, -0.05) is 58.6 Å². The summed E-state index contributed by atoms with van der Waals surface area (Å²) in [4.78, 5) is 28.9. The average molecular weight is 722 g/mol. The minimum atomic E-state index is -4.19. The quantitative estimate of drug-likeness (QED) is 0.255. The molecule has 4 rings (SSSR count). The van der Waals surface area contributed by atoms with Gasteiger partial charge in [0.05, 0.1) is 22.2 Å². The van der Waals surface area contributed by atoms with Crippen molar-refractivity contribution in [1.29, 1.82) is 0 Å². The number of hydrogen-bond acceptors (Lipinski definition) is 5. The lowest BCUT2D eigenvalue weighted by atomic mass is 10.1. The Hall–Kier alpha value is -2.89. The van der Waals surface area contributed by atoms with Crippen LogP contribution in [0.2, 0.25) is 0 Å². The third-order valence-corrected chi connectivity index (χ3v) is 10.4. The Bertz CT molecular complexity index is 1510. The summed E-state index contributed by atoms with van der Waals surface area (Å²) in [5.41, 5.74) is 2.10. The van der Waals surface area contributed by atoms with E-state index >= 15 is 0 Å². The van der Waals surface area contributed by atoms with Gasteiger partial charge >= 0.3 is 0 Å². The molecule has 0 aromatic heterocycles. The second kappa shape index (κ2) is 14.1. The van der Waals surface area contributed by atoms with Gasteiger partial charge < -0.3 is 15.0 Å². The number of rotatable bonds is 11. The van der Waals surface area contributed by atoms with Crippen LogP contribution in [0, 0.1) is 6.92 Å². The van der Waals surface area contributed by atoms with Crippen molar-refractivity contribution >= 4 is 59.4 Å². The van der Waals surface area contributed by atoms with Gasteiger partial charge in [-0.25, -0.2) is 8.42 Å². The number of nitrogens with zero attached hydrogens (tertiary/aromatic N) is 2. The van der Waals surface area contributed by atoms with E-state index in [1.54, 1.807) is 37.3 Å². The minimum Gasteiger partial charge on any atom is -0.496 e. The number of ether oxygens (including phenoxy) is 1. The zero-order chi connectivity index (χ0) is 30.4. The predicted molar refractivity (Wildman–Crippen MR) is 171 cm³/mol. The van der Waals surface area contributed by atoms with Gasteiger partial charge in [-0.15, -0.1) is 0 Å². The van der Waals surface area contributed by atoms with Crippen molar-refractivity contribution in [2.75, 3.05) is 18.0 Å². The van der Waals surface area contributed by atoms with Gasteiger partial charge in [0.2, 0.25) is 11.8 Å². The van der Waals surface area contributed by atoms with Crippen molar-refractivity contribution in [3.8, 4) is 5.75 Å². The van der Waals surface area contributed by atoms with Crippen molar-refractivity contribution < 1.29 is 22.7 Å². The normalized spacial score (nSPS) is 14.3. The van der Waals surface area contributed by atoms with Crippen LogP contribution in [0.25, 0.3) is 0 Å². The zero-order valence-corrected chi connectivity index (χ0v) is 27.8. The van der Waals surface area contributed by atoms with Gasteiger partial charge in [-0.3, -0.25) is 13.9 Å². The number of aryl methyl sites for hydroxylation is 1. The molecule has 2 amide bonds. The molecule has 1 fully saturated rings. The average Bonchev–Trinajstić information content (AvgIpc) is 3.48. The Morgan fingerprint density at radius 1 is 1.00 bits per heavy atom. The van der Waals surface area contributed by atoms with E-state index in [1.165, 1.54) is 24.1 Å². The largest absolute Gasteiger partial charge is 0.496 e. The Morgan fingerprint density at radius 3 is 2.24 bits per heavy atom. The van der Waals surface area contributed by atoms with E-state index in [1.807, 2.05) is 31.2 Å². The highest BCUT2D eigenvalue weighted by atomic mass is 79.9. The summed E-state index contributed by atoms with van der Waals surface area (Å²) >= 11 is 6.80. The van der Waals surface area contributed by atoms with Crippen molar-refractivity contribution in [3.05, 3.63) is 86.8 Å². The molecule has 1 N–H and O–H groups in total. The Morgan fingerprint density at radius 2 is 1.64 bits per heavy atom. The number of nitrogens with one attached hydrogen (secondary N) is 1. The molecule has 8 nitrogen and oxygen atoms in total. The molecule has 0 bridgehead atoms. The molecule has 0 radical (unpaired) electrons. The number of halogens is 2. The monoisotopic (exact) mass is 719 g/mol.